The first kappa shape index (κ1) is 31.3. The molecule has 228 valence electrons. The zero-order chi connectivity index (χ0) is 31.3. The second-order valence-electron chi connectivity index (χ2n) is 10.8. The lowest BCUT2D eigenvalue weighted by molar-refractivity contribution is -0.114. The second-order valence-corrected chi connectivity index (χ2v) is 12.7. The maximum Gasteiger partial charge on any atom is 0.283 e. The number of hydrogen-bond acceptors (Lipinski definition) is 8. The Bertz CT molecular complexity index is 1630. The molecule has 2 heterocycles. The lowest BCUT2D eigenvalue weighted by Crippen LogP contribution is -2.35. The van der Waals surface area contributed by atoms with Crippen LogP contribution in [-0.4, -0.2) is 53.4 Å². The summed E-state index contributed by atoms with van der Waals surface area (Å²) >= 11 is 4.80. The van der Waals surface area contributed by atoms with Gasteiger partial charge in [0.15, 0.2) is 17.3 Å². The van der Waals surface area contributed by atoms with Gasteiger partial charge in [0.25, 0.3) is 5.91 Å². The van der Waals surface area contributed by atoms with E-state index in [4.69, 9.17) is 24.4 Å². The number of thioether (sulfide) groups is 1. The predicted molar refractivity (Wildman–Crippen MR) is 178 cm³/mol. The van der Waals surface area contributed by atoms with Crippen LogP contribution in [0.4, 0.5) is 0 Å². The number of benzene rings is 3. The summed E-state index contributed by atoms with van der Waals surface area (Å²) in [5.74, 6) is 1.91. The molecule has 11 heteroatoms. The number of amidine groups is 2. The lowest BCUT2D eigenvalue weighted by atomic mass is 9.87. The molecule has 0 fully saturated rings. The van der Waals surface area contributed by atoms with Gasteiger partial charge in [0.05, 0.1) is 16.7 Å². The van der Waals surface area contributed by atoms with Gasteiger partial charge in [-0.3, -0.25) is 10.2 Å². The molecule has 1 N–H and O–H groups in total. The van der Waals surface area contributed by atoms with Gasteiger partial charge in [0, 0.05) is 0 Å². The quantitative estimate of drug-likeness (QED) is 0.168. The van der Waals surface area contributed by atoms with Gasteiger partial charge < -0.3 is 18.9 Å². The Morgan fingerprint density at radius 3 is 2.36 bits per heavy atom. The number of fused-ring (bicyclic) bond motifs is 1. The van der Waals surface area contributed by atoms with Crippen molar-refractivity contribution in [2.45, 2.75) is 33.1 Å². The number of carbonyl (C=O) groups excluding carboxylic acids is 1. The van der Waals surface area contributed by atoms with Crippen molar-refractivity contribution < 1.29 is 23.7 Å². The Hall–Kier alpha value is -4.09. The summed E-state index contributed by atoms with van der Waals surface area (Å²) in [6, 6.07) is 21.0. The summed E-state index contributed by atoms with van der Waals surface area (Å²) in [5, 5.41) is 15.5. The van der Waals surface area contributed by atoms with Crippen LogP contribution >= 0.6 is 27.7 Å². The Kier molecular flexibility index (Phi) is 9.75. The molecular formula is C33H33BrN4O5S. The number of hydrogen-bond donors (Lipinski definition) is 1. The normalized spacial score (nSPS) is 15.6. The van der Waals surface area contributed by atoms with Gasteiger partial charge >= 0.3 is 0 Å². The van der Waals surface area contributed by atoms with Gasteiger partial charge in [-0.15, -0.1) is 0 Å². The van der Waals surface area contributed by atoms with Gasteiger partial charge in [-0.2, -0.15) is 15.1 Å². The average Bonchev–Trinajstić information content (AvgIpc) is 3.41. The average molecular weight is 678 g/mol. The SMILES string of the molecule is CCOc1cc(/C=C2/C(=N)N3N=C(COc4ccccc4)SC3=NC2=O)cc(Br)c1OCCOc1ccc(C(C)(C)C)cc1. The molecule has 0 aliphatic carbocycles. The van der Waals surface area contributed by atoms with E-state index in [9.17, 15) is 4.79 Å². The van der Waals surface area contributed by atoms with Crippen molar-refractivity contribution in [1.82, 2.24) is 5.01 Å². The van der Waals surface area contributed by atoms with E-state index in [-0.39, 0.29) is 23.4 Å². The van der Waals surface area contributed by atoms with Crippen molar-refractivity contribution >= 4 is 55.7 Å². The smallest absolute Gasteiger partial charge is 0.283 e. The highest BCUT2D eigenvalue weighted by molar-refractivity contribution is 9.10. The first-order chi connectivity index (χ1) is 21.1. The zero-order valence-corrected chi connectivity index (χ0v) is 27.3. The number of hydrazone groups is 1. The Morgan fingerprint density at radius 1 is 0.955 bits per heavy atom. The summed E-state index contributed by atoms with van der Waals surface area (Å²) in [6.45, 7) is 9.65. The van der Waals surface area contributed by atoms with Crippen LogP contribution in [0.1, 0.15) is 38.8 Å². The summed E-state index contributed by atoms with van der Waals surface area (Å²) in [7, 11) is 0. The molecule has 0 unspecified atom stereocenters. The molecule has 3 aromatic rings. The molecule has 9 nitrogen and oxygen atoms in total. The molecule has 0 saturated heterocycles. The topological polar surface area (TPSA) is 106 Å². The fourth-order valence-electron chi connectivity index (χ4n) is 4.35. The number of ether oxygens (including phenoxy) is 4. The number of amides is 1. The number of nitrogens with zero attached hydrogens (tertiary/aromatic N) is 3. The Labute approximate surface area is 269 Å². The molecule has 1 amide bonds. The van der Waals surface area contributed by atoms with Crippen molar-refractivity contribution in [3.8, 4) is 23.0 Å². The molecule has 0 bridgehead atoms. The predicted octanol–water partition coefficient (Wildman–Crippen LogP) is 7.30. The number of halogens is 1. The number of rotatable bonds is 11. The maximum atomic E-state index is 13.0. The third-order valence-corrected chi connectivity index (χ3v) is 8.03. The van der Waals surface area contributed by atoms with Gasteiger partial charge in [0.1, 0.15) is 36.4 Å². The van der Waals surface area contributed by atoms with E-state index in [2.05, 4.69) is 58.9 Å². The standard InChI is InChI=1S/C33H33BrN4O5S/c1-5-40-27-19-21(18-26(34)29(27)42-16-15-41-24-13-11-22(12-14-24)33(2,3)4)17-25-30(35)38-32(36-31(25)39)44-28(37-38)20-43-23-9-7-6-8-10-23/h6-14,17-19,35H,5,15-16,20H2,1-4H3/b25-17-,35-30?. The molecule has 0 saturated carbocycles. The van der Waals surface area contributed by atoms with Gasteiger partial charge in [-0.25, -0.2) is 0 Å². The highest BCUT2D eigenvalue weighted by Crippen LogP contribution is 2.38. The molecule has 0 spiro atoms. The summed E-state index contributed by atoms with van der Waals surface area (Å²) in [4.78, 5) is 17.1. The highest BCUT2D eigenvalue weighted by Gasteiger charge is 2.36. The monoisotopic (exact) mass is 676 g/mol. The van der Waals surface area contributed by atoms with Crippen LogP contribution in [0, 0.1) is 5.41 Å². The molecule has 0 atom stereocenters. The largest absolute Gasteiger partial charge is 0.490 e. The van der Waals surface area contributed by atoms with E-state index in [0.717, 1.165) is 5.75 Å². The molecule has 0 aromatic heterocycles. The van der Waals surface area contributed by atoms with Crippen LogP contribution in [0.3, 0.4) is 0 Å². The number of aliphatic imine (C=N–C) groups is 1. The number of carbonyl (C=O) groups is 1. The molecule has 3 aromatic carbocycles. The molecule has 44 heavy (non-hydrogen) atoms. The van der Waals surface area contributed by atoms with Crippen LogP contribution in [0.25, 0.3) is 6.08 Å². The van der Waals surface area contributed by atoms with Crippen molar-refractivity contribution in [2.24, 2.45) is 10.1 Å². The second kappa shape index (κ2) is 13.7. The van der Waals surface area contributed by atoms with E-state index in [1.54, 1.807) is 18.2 Å². The van der Waals surface area contributed by atoms with Crippen molar-refractivity contribution in [2.75, 3.05) is 26.4 Å². The zero-order valence-electron chi connectivity index (χ0n) is 24.9. The number of para-hydroxylation sites is 1. The van der Waals surface area contributed by atoms with Crippen molar-refractivity contribution in [1.29, 1.82) is 5.41 Å². The third kappa shape index (κ3) is 7.51. The van der Waals surface area contributed by atoms with E-state index in [0.29, 0.717) is 57.3 Å². The fraction of sp³-hybridized carbons (Fsp3) is 0.273. The van der Waals surface area contributed by atoms with Gasteiger partial charge in [-0.05, 0) is 93.6 Å². The molecule has 5 rings (SSSR count). The van der Waals surface area contributed by atoms with Crippen LogP contribution in [0.15, 0.2) is 86.9 Å². The molecule has 2 aliphatic heterocycles. The first-order valence-electron chi connectivity index (χ1n) is 14.1. The summed E-state index contributed by atoms with van der Waals surface area (Å²) in [6.07, 6.45) is 1.60. The Morgan fingerprint density at radius 2 is 1.66 bits per heavy atom. The Balaban J connectivity index is 1.25. The minimum absolute atomic E-state index is 0.0655. The fourth-order valence-corrected chi connectivity index (χ4v) is 5.72. The van der Waals surface area contributed by atoms with E-state index < -0.39 is 5.91 Å². The van der Waals surface area contributed by atoms with Crippen LogP contribution in [0.5, 0.6) is 23.0 Å². The third-order valence-electron chi connectivity index (χ3n) is 6.56. The van der Waals surface area contributed by atoms with E-state index in [1.807, 2.05) is 49.4 Å². The van der Waals surface area contributed by atoms with Gasteiger partial charge in [-0.1, -0.05) is 51.1 Å². The van der Waals surface area contributed by atoms with Crippen molar-refractivity contribution in [3.05, 3.63) is 87.9 Å². The molecule has 2 aliphatic rings. The summed E-state index contributed by atoms with van der Waals surface area (Å²) < 4.78 is 24.2. The maximum absolute atomic E-state index is 13.0. The van der Waals surface area contributed by atoms with Crippen LogP contribution < -0.4 is 18.9 Å². The first-order valence-corrected chi connectivity index (χ1v) is 15.7. The van der Waals surface area contributed by atoms with E-state index in [1.165, 1.54) is 22.3 Å². The minimum atomic E-state index is -0.517. The van der Waals surface area contributed by atoms with Crippen LogP contribution in [-0.2, 0) is 10.2 Å². The number of nitrogens with one attached hydrogen (secondary N) is 1. The highest BCUT2D eigenvalue weighted by atomic mass is 79.9. The van der Waals surface area contributed by atoms with E-state index >= 15 is 0 Å². The van der Waals surface area contributed by atoms with Crippen LogP contribution in [0.2, 0.25) is 0 Å². The van der Waals surface area contributed by atoms with Crippen molar-refractivity contribution in [3.63, 3.8) is 0 Å². The molecular weight excluding hydrogens is 644 g/mol. The lowest BCUT2D eigenvalue weighted by Gasteiger charge is -2.20. The minimum Gasteiger partial charge on any atom is -0.490 e. The molecule has 0 radical (unpaired) electrons. The summed E-state index contributed by atoms with van der Waals surface area (Å²) in [5.41, 5.74) is 2.06. The van der Waals surface area contributed by atoms with Gasteiger partial charge in [0.2, 0.25) is 5.17 Å².